The van der Waals surface area contributed by atoms with E-state index in [0.717, 1.165) is 29.9 Å². The molecular weight excluding hydrogens is 281 g/mol. The number of halogens is 1. The van der Waals surface area contributed by atoms with Crippen LogP contribution in [0.2, 0.25) is 0 Å². The Hall–Kier alpha value is -1.27. The second-order valence-electron chi connectivity index (χ2n) is 4.81. The zero-order chi connectivity index (χ0) is 14.5. The molecular formula is C14H18FNO3S. The van der Waals surface area contributed by atoms with Crippen LogP contribution in [0.25, 0.3) is 0 Å². The van der Waals surface area contributed by atoms with Crippen LogP contribution in [0.1, 0.15) is 28.8 Å². The SMILES string of the molecule is COC(=O)c1ccc(CNC2CCS(=O)CC2)cc1F. The first-order chi connectivity index (χ1) is 9.60. The van der Waals surface area contributed by atoms with Gasteiger partial charge in [-0.15, -0.1) is 0 Å². The molecule has 0 aromatic heterocycles. The van der Waals surface area contributed by atoms with Gasteiger partial charge in [0.2, 0.25) is 0 Å². The Balaban J connectivity index is 1.92. The average molecular weight is 299 g/mol. The highest BCUT2D eigenvalue weighted by atomic mass is 32.2. The van der Waals surface area contributed by atoms with E-state index in [-0.39, 0.29) is 5.56 Å². The van der Waals surface area contributed by atoms with E-state index in [0.29, 0.717) is 12.6 Å². The summed E-state index contributed by atoms with van der Waals surface area (Å²) in [5.41, 5.74) is 0.728. The van der Waals surface area contributed by atoms with Crippen molar-refractivity contribution >= 4 is 16.8 Å². The summed E-state index contributed by atoms with van der Waals surface area (Å²) >= 11 is 0. The molecule has 0 amide bonds. The molecule has 1 aromatic rings. The van der Waals surface area contributed by atoms with Crippen LogP contribution in [-0.2, 0) is 22.1 Å². The fraction of sp³-hybridized carbons (Fsp3) is 0.500. The summed E-state index contributed by atoms with van der Waals surface area (Å²) in [6, 6.07) is 4.83. The molecule has 1 aliphatic rings. The van der Waals surface area contributed by atoms with Gasteiger partial charge in [-0.2, -0.15) is 0 Å². The van der Waals surface area contributed by atoms with Gasteiger partial charge in [0, 0.05) is 34.9 Å². The predicted octanol–water partition coefficient (Wildman–Crippen LogP) is 1.61. The van der Waals surface area contributed by atoms with Crippen LogP contribution in [0.15, 0.2) is 18.2 Å². The molecule has 0 atom stereocenters. The summed E-state index contributed by atoms with van der Waals surface area (Å²) in [6.07, 6.45) is 1.77. The van der Waals surface area contributed by atoms with Gasteiger partial charge in [0.15, 0.2) is 0 Å². The molecule has 0 aliphatic carbocycles. The molecule has 0 spiro atoms. The first-order valence-electron chi connectivity index (χ1n) is 6.55. The number of hydrogen-bond acceptors (Lipinski definition) is 4. The maximum absolute atomic E-state index is 13.7. The Morgan fingerprint density at radius 2 is 2.15 bits per heavy atom. The summed E-state index contributed by atoms with van der Waals surface area (Å²) in [5.74, 6) is 0.221. The van der Waals surface area contributed by atoms with Gasteiger partial charge < -0.3 is 10.1 Å². The van der Waals surface area contributed by atoms with Crippen molar-refractivity contribution in [3.63, 3.8) is 0 Å². The second kappa shape index (κ2) is 6.95. The first-order valence-corrected chi connectivity index (χ1v) is 8.04. The van der Waals surface area contributed by atoms with Crippen molar-refractivity contribution in [2.75, 3.05) is 18.6 Å². The molecule has 0 radical (unpaired) electrons. The fourth-order valence-corrected chi connectivity index (χ4v) is 3.50. The summed E-state index contributed by atoms with van der Waals surface area (Å²) in [5, 5.41) is 3.33. The van der Waals surface area contributed by atoms with Crippen LogP contribution in [0.3, 0.4) is 0 Å². The number of benzene rings is 1. The molecule has 0 bridgehead atoms. The highest BCUT2D eigenvalue weighted by Gasteiger charge is 2.17. The predicted molar refractivity (Wildman–Crippen MR) is 75.5 cm³/mol. The molecule has 110 valence electrons. The Morgan fingerprint density at radius 1 is 1.45 bits per heavy atom. The van der Waals surface area contributed by atoms with E-state index in [9.17, 15) is 13.4 Å². The van der Waals surface area contributed by atoms with Gasteiger partial charge in [0.25, 0.3) is 0 Å². The average Bonchev–Trinajstić information content (AvgIpc) is 2.46. The fourth-order valence-electron chi connectivity index (χ4n) is 2.20. The van der Waals surface area contributed by atoms with Gasteiger partial charge in [0.1, 0.15) is 5.82 Å². The van der Waals surface area contributed by atoms with Crippen LogP contribution in [0, 0.1) is 5.82 Å². The largest absolute Gasteiger partial charge is 0.465 e. The van der Waals surface area contributed by atoms with E-state index < -0.39 is 22.6 Å². The number of hydrogen-bond donors (Lipinski definition) is 1. The molecule has 4 nitrogen and oxygen atoms in total. The lowest BCUT2D eigenvalue weighted by molar-refractivity contribution is 0.0595. The number of ether oxygens (including phenoxy) is 1. The van der Waals surface area contributed by atoms with E-state index in [1.165, 1.54) is 19.2 Å². The number of esters is 1. The van der Waals surface area contributed by atoms with Crippen LogP contribution < -0.4 is 5.32 Å². The molecule has 2 rings (SSSR count). The van der Waals surface area contributed by atoms with E-state index in [1.807, 2.05) is 0 Å². The molecule has 1 N–H and O–H groups in total. The third kappa shape index (κ3) is 3.86. The van der Waals surface area contributed by atoms with E-state index in [2.05, 4.69) is 10.1 Å². The molecule has 20 heavy (non-hydrogen) atoms. The van der Waals surface area contributed by atoms with Crippen molar-refractivity contribution < 1.29 is 18.1 Å². The van der Waals surface area contributed by atoms with E-state index in [1.54, 1.807) is 6.07 Å². The summed E-state index contributed by atoms with van der Waals surface area (Å²) < 4.78 is 29.5. The van der Waals surface area contributed by atoms with Crippen LogP contribution in [0.5, 0.6) is 0 Å². The molecule has 1 heterocycles. The summed E-state index contributed by atoms with van der Waals surface area (Å²) in [7, 11) is 0.553. The Labute approximate surface area is 120 Å². The van der Waals surface area contributed by atoms with Crippen LogP contribution in [-0.4, -0.2) is 34.8 Å². The number of nitrogens with one attached hydrogen (secondary N) is 1. The molecule has 6 heteroatoms. The lowest BCUT2D eigenvalue weighted by atomic mass is 10.1. The Kier molecular flexibility index (Phi) is 5.25. The van der Waals surface area contributed by atoms with Crippen molar-refractivity contribution in [2.45, 2.75) is 25.4 Å². The summed E-state index contributed by atoms with van der Waals surface area (Å²) in [6.45, 7) is 0.537. The third-order valence-electron chi connectivity index (χ3n) is 3.42. The minimum Gasteiger partial charge on any atom is -0.465 e. The van der Waals surface area contributed by atoms with Gasteiger partial charge in [0.05, 0.1) is 12.7 Å². The number of carbonyl (C=O) groups is 1. The number of methoxy groups -OCH3 is 1. The van der Waals surface area contributed by atoms with Gasteiger partial charge in [-0.3, -0.25) is 4.21 Å². The van der Waals surface area contributed by atoms with E-state index in [4.69, 9.17) is 0 Å². The third-order valence-corrected chi connectivity index (χ3v) is 4.80. The zero-order valence-electron chi connectivity index (χ0n) is 11.4. The maximum Gasteiger partial charge on any atom is 0.340 e. The maximum atomic E-state index is 13.7. The number of carbonyl (C=O) groups excluding carboxylic acids is 1. The van der Waals surface area contributed by atoms with Crippen molar-refractivity contribution in [3.8, 4) is 0 Å². The topological polar surface area (TPSA) is 55.4 Å². The van der Waals surface area contributed by atoms with Crippen molar-refractivity contribution in [1.82, 2.24) is 5.32 Å². The van der Waals surface area contributed by atoms with Gasteiger partial charge in [-0.25, -0.2) is 9.18 Å². The molecule has 1 fully saturated rings. The molecule has 0 unspecified atom stereocenters. The van der Waals surface area contributed by atoms with Crippen molar-refractivity contribution in [2.24, 2.45) is 0 Å². The van der Waals surface area contributed by atoms with Gasteiger partial charge in [-0.05, 0) is 30.5 Å². The second-order valence-corrected chi connectivity index (χ2v) is 6.51. The van der Waals surface area contributed by atoms with Crippen LogP contribution >= 0.6 is 0 Å². The first kappa shape index (κ1) is 15.1. The van der Waals surface area contributed by atoms with Crippen molar-refractivity contribution in [3.05, 3.63) is 35.1 Å². The summed E-state index contributed by atoms with van der Waals surface area (Å²) in [4.78, 5) is 11.3. The van der Waals surface area contributed by atoms with Crippen molar-refractivity contribution in [1.29, 1.82) is 0 Å². The Bertz CT molecular complexity index is 511. The molecule has 1 saturated heterocycles. The van der Waals surface area contributed by atoms with E-state index >= 15 is 0 Å². The zero-order valence-corrected chi connectivity index (χ0v) is 12.2. The number of rotatable bonds is 4. The molecule has 1 aromatic carbocycles. The Morgan fingerprint density at radius 3 is 2.75 bits per heavy atom. The lowest BCUT2D eigenvalue weighted by Gasteiger charge is -2.22. The molecule has 1 aliphatic heterocycles. The quantitative estimate of drug-likeness (QED) is 0.858. The normalized spacial score (nSPS) is 22.5. The highest BCUT2D eigenvalue weighted by molar-refractivity contribution is 7.85. The van der Waals surface area contributed by atoms with Gasteiger partial charge in [-0.1, -0.05) is 6.07 Å². The lowest BCUT2D eigenvalue weighted by Crippen LogP contribution is -2.35. The smallest absolute Gasteiger partial charge is 0.340 e. The minimum absolute atomic E-state index is 0.0516. The van der Waals surface area contributed by atoms with Gasteiger partial charge >= 0.3 is 5.97 Å². The monoisotopic (exact) mass is 299 g/mol. The highest BCUT2D eigenvalue weighted by Crippen LogP contribution is 2.13. The standard InChI is InChI=1S/C14H18FNO3S/c1-19-14(17)12-3-2-10(8-13(12)15)9-16-11-4-6-20(18)7-5-11/h2-3,8,11,16H,4-7,9H2,1H3. The van der Waals surface area contributed by atoms with Crippen LogP contribution in [0.4, 0.5) is 4.39 Å². The molecule has 0 saturated carbocycles. The minimum atomic E-state index is -0.674.